The van der Waals surface area contributed by atoms with Crippen LogP contribution in [0.3, 0.4) is 0 Å². The third-order valence-corrected chi connectivity index (χ3v) is 4.30. The Morgan fingerprint density at radius 3 is 2.32 bits per heavy atom. The average molecular weight is 301 g/mol. The molecule has 1 aliphatic rings. The van der Waals surface area contributed by atoms with Crippen LogP contribution in [0.25, 0.3) is 0 Å². The van der Waals surface area contributed by atoms with Gasteiger partial charge in [0.05, 0.1) is 10.0 Å². The summed E-state index contributed by atoms with van der Waals surface area (Å²) in [6, 6.07) is 3.23. The van der Waals surface area contributed by atoms with E-state index in [-0.39, 0.29) is 21.6 Å². The van der Waals surface area contributed by atoms with Gasteiger partial charge in [-0.05, 0) is 23.6 Å². The molecule has 4 heteroatoms. The topological polar surface area (TPSA) is 37.3 Å². The lowest BCUT2D eigenvalue weighted by molar-refractivity contribution is -0.119. The molecule has 1 N–H and O–H groups in total. The standard InChI is InChI=1S/C15H18Cl2O2/c16-13-8-11(9-14(17)15(13)19)7-12(18)6-10-4-2-1-3-5-10/h8-10,19H,1-7H2. The van der Waals surface area contributed by atoms with Crippen molar-refractivity contribution >= 4 is 29.0 Å². The van der Waals surface area contributed by atoms with E-state index < -0.39 is 0 Å². The monoisotopic (exact) mass is 300 g/mol. The zero-order chi connectivity index (χ0) is 13.8. The van der Waals surface area contributed by atoms with Gasteiger partial charge in [-0.3, -0.25) is 4.79 Å². The molecule has 1 aromatic rings. The van der Waals surface area contributed by atoms with Gasteiger partial charge in [0.15, 0.2) is 5.75 Å². The molecule has 0 aromatic heterocycles. The molecule has 1 saturated carbocycles. The van der Waals surface area contributed by atoms with Crippen molar-refractivity contribution in [3.63, 3.8) is 0 Å². The van der Waals surface area contributed by atoms with E-state index in [1.165, 1.54) is 32.1 Å². The van der Waals surface area contributed by atoms with E-state index in [4.69, 9.17) is 23.2 Å². The fourth-order valence-electron chi connectivity index (χ4n) is 2.73. The second kappa shape index (κ2) is 6.62. The Hall–Kier alpha value is -0.730. The number of hydrogen-bond acceptors (Lipinski definition) is 2. The molecule has 0 bridgehead atoms. The van der Waals surface area contributed by atoms with Gasteiger partial charge in [-0.25, -0.2) is 0 Å². The fourth-order valence-corrected chi connectivity index (χ4v) is 3.27. The Morgan fingerprint density at radius 2 is 1.74 bits per heavy atom. The summed E-state index contributed by atoms with van der Waals surface area (Å²) in [5.74, 6) is 0.654. The molecule has 0 radical (unpaired) electrons. The summed E-state index contributed by atoms with van der Waals surface area (Å²) < 4.78 is 0. The van der Waals surface area contributed by atoms with E-state index >= 15 is 0 Å². The van der Waals surface area contributed by atoms with Crippen molar-refractivity contribution in [2.24, 2.45) is 5.92 Å². The number of ketones is 1. The molecule has 1 fully saturated rings. The van der Waals surface area contributed by atoms with E-state index in [1.54, 1.807) is 12.1 Å². The molecule has 104 valence electrons. The summed E-state index contributed by atoms with van der Waals surface area (Å²) in [4.78, 5) is 12.0. The Balaban J connectivity index is 1.94. The number of carbonyl (C=O) groups is 1. The van der Waals surface area contributed by atoms with Crippen molar-refractivity contribution in [1.29, 1.82) is 0 Å². The minimum atomic E-state index is -0.119. The number of aromatic hydroxyl groups is 1. The van der Waals surface area contributed by atoms with Gasteiger partial charge in [0, 0.05) is 12.8 Å². The summed E-state index contributed by atoms with van der Waals surface area (Å²) in [5.41, 5.74) is 0.772. The largest absolute Gasteiger partial charge is 0.505 e. The van der Waals surface area contributed by atoms with Gasteiger partial charge in [0.2, 0.25) is 0 Å². The van der Waals surface area contributed by atoms with Gasteiger partial charge >= 0.3 is 0 Å². The highest BCUT2D eigenvalue weighted by molar-refractivity contribution is 6.37. The van der Waals surface area contributed by atoms with Crippen LogP contribution in [-0.4, -0.2) is 10.9 Å². The minimum absolute atomic E-state index is 0.119. The zero-order valence-corrected chi connectivity index (χ0v) is 12.3. The van der Waals surface area contributed by atoms with Crippen molar-refractivity contribution in [3.8, 4) is 5.75 Å². The van der Waals surface area contributed by atoms with Gasteiger partial charge in [0.25, 0.3) is 0 Å². The first kappa shape index (κ1) is 14.7. The van der Waals surface area contributed by atoms with Gasteiger partial charge in [0.1, 0.15) is 5.78 Å². The summed E-state index contributed by atoms with van der Waals surface area (Å²) in [6.07, 6.45) is 7.12. The quantitative estimate of drug-likeness (QED) is 0.869. The third kappa shape index (κ3) is 4.12. The van der Waals surface area contributed by atoms with Crippen LogP contribution >= 0.6 is 23.2 Å². The molecule has 0 unspecified atom stereocenters. The Bertz CT molecular complexity index is 442. The Labute approximate surface area is 123 Å². The fraction of sp³-hybridized carbons (Fsp3) is 0.533. The second-order valence-corrected chi connectivity index (χ2v) is 6.15. The van der Waals surface area contributed by atoms with E-state index in [2.05, 4.69) is 0 Å². The Morgan fingerprint density at radius 1 is 1.16 bits per heavy atom. The van der Waals surface area contributed by atoms with Crippen molar-refractivity contribution in [1.82, 2.24) is 0 Å². The van der Waals surface area contributed by atoms with Crippen molar-refractivity contribution in [2.75, 3.05) is 0 Å². The number of Topliss-reactive ketones (excluding diaryl/α,β-unsaturated/α-hetero) is 1. The summed E-state index contributed by atoms with van der Waals surface area (Å²) in [7, 11) is 0. The van der Waals surface area contributed by atoms with Gasteiger partial charge in [-0.15, -0.1) is 0 Å². The van der Waals surface area contributed by atoms with Crippen LogP contribution in [0.4, 0.5) is 0 Å². The zero-order valence-electron chi connectivity index (χ0n) is 10.8. The highest BCUT2D eigenvalue weighted by Crippen LogP contribution is 2.33. The highest BCUT2D eigenvalue weighted by atomic mass is 35.5. The maximum Gasteiger partial charge on any atom is 0.152 e. The predicted molar refractivity (Wildman–Crippen MR) is 78.0 cm³/mol. The first-order valence-electron chi connectivity index (χ1n) is 6.75. The van der Waals surface area contributed by atoms with Crippen LogP contribution in [0.2, 0.25) is 10.0 Å². The lowest BCUT2D eigenvalue weighted by atomic mass is 9.85. The normalized spacial score (nSPS) is 16.5. The molecule has 2 rings (SSSR count). The van der Waals surface area contributed by atoms with Crippen molar-refractivity contribution < 1.29 is 9.90 Å². The van der Waals surface area contributed by atoms with Crippen LogP contribution in [0.15, 0.2) is 12.1 Å². The predicted octanol–water partition coefficient (Wildman–Crippen LogP) is 4.78. The minimum Gasteiger partial charge on any atom is -0.505 e. The van der Waals surface area contributed by atoms with E-state index in [1.807, 2.05) is 0 Å². The van der Waals surface area contributed by atoms with E-state index in [9.17, 15) is 9.90 Å². The number of phenols is 1. The third-order valence-electron chi connectivity index (χ3n) is 3.72. The number of benzene rings is 1. The molecule has 0 heterocycles. The van der Waals surface area contributed by atoms with E-state index in [0.717, 1.165) is 5.56 Å². The summed E-state index contributed by atoms with van der Waals surface area (Å²) >= 11 is 11.7. The van der Waals surface area contributed by atoms with Crippen LogP contribution < -0.4 is 0 Å². The maximum absolute atomic E-state index is 12.0. The molecule has 1 aliphatic carbocycles. The first-order chi connectivity index (χ1) is 9.06. The molecule has 1 aromatic carbocycles. The maximum atomic E-state index is 12.0. The number of rotatable bonds is 4. The van der Waals surface area contributed by atoms with Crippen LogP contribution in [0, 0.1) is 5.92 Å². The van der Waals surface area contributed by atoms with Crippen molar-refractivity contribution in [3.05, 3.63) is 27.7 Å². The van der Waals surface area contributed by atoms with E-state index in [0.29, 0.717) is 18.8 Å². The van der Waals surface area contributed by atoms with Crippen LogP contribution in [-0.2, 0) is 11.2 Å². The average Bonchev–Trinajstić information content (AvgIpc) is 2.37. The van der Waals surface area contributed by atoms with Gasteiger partial charge < -0.3 is 5.11 Å². The molecule has 0 aliphatic heterocycles. The van der Waals surface area contributed by atoms with Crippen LogP contribution in [0.1, 0.15) is 44.1 Å². The number of carbonyl (C=O) groups excluding carboxylic acids is 1. The highest BCUT2D eigenvalue weighted by Gasteiger charge is 2.17. The first-order valence-corrected chi connectivity index (χ1v) is 7.50. The molecule has 0 amide bonds. The molecule has 0 atom stereocenters. The molecular weight excluding hydrogens is 283 g/mol. The smallest absolute Gasteiger partial charge is 0.152 e. The molecule has 0 saturated heterocycles. The van der Waals surface area contributed by atoms with Crippen LogP contribution in [0.5, 0.6) is 5.75 Å². The molecule has 2 nitrogen and oxygen atoms in total. The Kier molecular flexibility index (Phi) is 5.12. The summed E-state index contributed by atoms with van der Waals surface area (Å²) in [5, 5.41) is 9.88. The number of hydrogen-bond donors (Lipinski definition) is 1. The lowest BCUT2D eigenvalue weighted by Crippen LogP contribution is -2.13. The van der Waals surface area contributed by atoms with Gasteiger partial charge in [-0.2, -0.15) is 0 Å². The molecular formula is C15H18Cl2O2. The lowest BCUT2D eigenvalue weighted by Gasteiger charge is -2.20. The number of halogens is 2. The second-order valence-electron chi connectivity index (χ2n) is 5.33. The summed E-state index contributed by atoms with van der Waals surface area (Å²) in [6.45, 7) is 0. The van der Waals surface area contributed by atoms with Crippen molar-refractivity contribution in [2.45, 2.75) is 44.9 Å². The molecule has 19 heavy (non-hydrogen) atoms. The molecule has 0 spiro atoms. The van der Waals surface area contributed by atoms with Gasteiger partial charge in [-0.1, -0.05) is 55.3 Å². The number of phenolic OH excluding ortho intramolecular Hbond substituents is 1. The SMILES string of the molecule is O=C(Cc1cc(Cl)c(O)c(Cl)c1)CC1CCCCC1.